The van der Waals surface area contributed by atoms with Crippen molar-refractivity contribution in [3.63, 3.8) is 0 Å². The van der Waals surface area contributed by atoms with Crippen LogP contribution >= 0.6 is 0 Å². The highest BCUT2D eigenvalue weighted by atomic mass is 16.5. The first-order valence-corrected chi connectivity index (χ1v) is 12.9. The summed E-state index contributed by atoms with van der Waals surface area (Å²) in [7, 11) is 4.46. The Morgan fingerprint density at radius 2 is 1.67 bits per heavy atom. The number of carbonyl (C=O) groups excluding carboxylic acids is 1. The number of methoxy groups -OCH3 is 3. The predicted molar refractivity (Wildman–Crippen MR) is 146 cm³/mol. The molecule has 1 amide bonds. The van der Waals surface area contributed by atoms with Gasteiger partial charge in [-0.05, 0) is 36.8 Å². The number of nitrogens with zero attached hydrogens (tertiary/aromatic N) is 3. The van der Waals surface area contributed by atoms with Gasteiger partial charge in [-0.2, -0.15) is 10.2 Å². The molecule has 3 heterocycles. The van der Waals surface area contributed by atoms with Crippen molar-refractivity contribution in [2.45, 2.75) is 25.2 Å². The van der Waals surface area contributed by atoms with E-state index in [-0.39, 0.29) is 11.4 Å². The molecule has 2 atom stereocenters. The van der Waals surface area contributed by atoms with Crippen molar-refractivity contribution >= 4 is 17.7 Å². The molecule has 5 rings (SSSR count). The molecule has 2 unspecified atom stereocenters. The van der Waals surface area contributed by atoms with Gasteiger partial charge in [-0.25, -0.2) is 0 Å². The molecule has 0 aliphatic carbocycles. The molecule has 2 aromatic carbocycles. The van der Waals surface area contributed by atoms with Crippen LogP contribution in [0.15, 0.2) is 47.3 Å². The maximum atomic E-state index is 13.6. The number of fused-ring (bicyclic) bond motifs is 1. The summed E-state index contributed by atoms with van der Waals surface area (Å²) in [6.45, 7) is 1.47. The summed E-state index contributed by atoms with van der Waals surface area (Å²) in [6, 6.07) is 15.7. The van der Waals surface area contributed by atoms with E-state index >= 15 is 0 Å². The lowest BCUT2D eigenvalue weighted by atomic mass is 9.78. The summed E-state index contributed by atoms with van der Waals surface area (Å²) >= 11 is 0. The third-order valence-electron chi connectivity index (χ3n) is 7.60. The lowest BCUT2D eigenvalue weighted by Crippen LogP contribution is -2.41. The number of hydrogen-bond donors (Lipinski definition) is 2. The van der Waals surface area contributed by atoms with Gasteiger partial charge in [0.15, 0.2) is 11.5 Å². The second-order valence-electron chi connectivity index (χ2n) is 9.79. The Labute approximate surface area is 226 Å². The monoisotopic (exact) mass is 529 g/mol. The molecule has 1 aromatic heterocycles. The highest BCUT2D eigenvalue weighted by Gasteiger charge is 2.42. The van der Waals surface area contributed by atoms with Crippen LogP contribution in [0.25, 0.3) is 0 Å². The van der Waals surface area contributed by atoms with Gasteiger partial charge in [0.05, 0.1) is 33.0 Å². The van der Waals surface area contributed by atoms with Crippen LogP contribution in [0.4, 0.5) is 11.8 Å². The molecule has 2 N–H and O–H groups in total. The molecular weight excluding hydrogens is 498 g/mol. The smallest absolute Gasteiger partial charge is 0.258 e. The number of anilines is 2. The standard InChI is InChI=1S/C29H31N5O5/c1-37-21-15-23(39-3)22(38-2)14-19(21)24-20(16-30)27(35)31-26-25(24)28(36)33-29(32-26)34-11-9-18(10-12-34)13-17-7-5-4-6-8-17/h4-8,14-15,18,20,24H,9-13H2,1-3H3,(H2,31,32,33,35,36). The molecular formula is C29H31N5O5. The highest BCUT2D eigenvalue weighted by Crippen LogP contribution is 2.45. The van der Waals surface area contributed by atoms with Gasteiger partial charge < -0.3 is 24.4 Å². The normalized spacial score (nSPS) is 19.0. The molecule has 0 spiro atoms. The number of rotatable bonds is 7. The Hall–Kier alpha value is -4.52. The number of carbonyl (C=O) groups is 1. The molecule has 202 valence electrons. The molecule has 0 saturated carbocycles. The molecule has 2 aliphatic rings. The van der Waals surface area contributed by atoms with Crippen molar-refractivity contribution in [2.24, 2.45) is 11.8 Å². The fourth-order valence-electron chi connectivity index (χ4n) is 5.58. The average molecular weight is 530 g/mol. The van der Waals surface area contributed by atoms with Gasteiger partial charge in [0, 0.05) is 30.6 Å². The van der Waals surface area contributed by atoms with Crippen molar-refractivity contribution in [2.75, 3.05) is 44.6 Å². The fourth-order valence-corrected chi connectivity index (χ4v) is 5.58. The van der Waals surface area contributed by atoms with E-state index in [0.29, 0.717) is 34.7 Å². The number of aromatic amines is 1. The first-order valence-electron chi connectivity index (χ1n) is 12.9. The average Bonchev–Trinajstić information content (AvgIpc) is 2.96. The zero-order chi connectivity index (χ0) is 27.5. The minimum Gasteiger partial charge on any atom is -0.496 e. The predicted octanol–water partition coefficient (Wildman–Crippen LogP) is 3.48. The van der Waals surface area contributed by atoms with E-state index in [1.165, 1.54) is 26.9 Å². The van der Waals surface area contributed by atoms with E-state index in [0.717, 1.165) is 32.4 Å². The third kappa shape index (κ3) is 5.00. The number of aromatic nitrogens is 2. The maximum absolute atomic E-state index is 13.6. The van der Waals surface area contributed by atoms with Gasteiger partial charge in [0.25, 0.3) is 5.56 Å². The molecule has 1 saturated heterocycles. The molecule has 2 aliphatic heterocycles. The molecule has 10 nitrogen and oxygen atoms in total. The van der Waals surface area contributed by atoms with E-state index in [2.05, 4.69) is 45.6 Å². The van der Waals surface area contributed by atoms with Crippen LogP contribution in [-0.2, 0) is 11.2 Å². The van der Waals surface area contributed by atoms with Crippen LogP contribution in [0.5, 0.6) is 17.2 Å². The van der Waals surface area contributed by atoms with Gasteiger partial charge in [-0.1, -0.05) is 30.3 Å². The number of nitriles is 1. The van der Waals surface area contributed by atoms with E-state index in [1.54, 1.807) is 12.1 Å². The number of benzene rings is 2. The van der Waals surface area contributed by atoms with Crippen LogP contribution < -0.4 is 30.0 Å². The lowest BCUT2D eigenvalue weighted by molar-refractivity contribution is -0.119. The summed E-state index contributed by atoms with van der Waals surface area (Å²) in [6.07, 6.45) is 2.94. The van der Waals surface area contributed by atoms with E-state index < -0.39 is 23.3 Å². The van der Waals surface area contributed by atoms with Gasteiger partial charge >= 0.3 is 0 Å². The second-order valence-corrected chi connectivity index (χ2v) is 9.79. The van der Waals surface area contributed by atoms with Crippen molar-refractivity contribution in [1.29, 1.82) is 5.26 Å². The van der Waals surface area contributed by atoms with E-state index in [4.69, 9.17) is 14.2 Å². The number of piperidine rings is 1. The molecule has 0 bridgehead atoms. The van der Waals surface area contributed by atoms with Crippen molar-refractivity contribution in [1.82, 2.24) is 9.97 Å². The summed E-state index contributed by atoms with van der Waals surface area (Å²) < 4.78 is 16.4. The Morgan fingerprint density at radius 3 is 2.31 bits per heavy atom. The molecule has 0 radical (unpaired) electrons. The van der Waals surface area contributed by atoms with Crippen LogP contribution in [0, 0.1) is 23.2 Å². The minimum absolute atomic E-state index is 0.151. The first kappa shape index (κ1) is 26.1. The van der Waals surface area contributed by atoms with E-state index in [9.17, 15) is 14.9 Å². The molecule has 10 heteroatoms. The van der Waals surface area contributed by atoms with Gasteiger partial charge in [0.1, 0.15) is 17.5 Å². The summed E-state index contributed by atoms with van der Waals surface area (Å²) in [4.78, 5) is 36.3. The molecule has 3 aromatic rings. The SMILES string of the molecule is COc1cc(OC)c(C2c3c(nc(N4CCC(Cc5ccccc5)CC4)[nH]c3=O)NC(=O)C2C#N)cc1OC. The van der Waals surface area contributed by atoms with Crippen LogP contribution in [0.1, 0.15) is 35.4 Å². The highest BCUT2D eigenvalue weighted by molar-refractivity contribution is 5.98. The van der Waals surface area contributed by atoms with Gasteiger partial charge in [0.2, 0.25) is 11.9 Å². The summed E-state index contributed by atoms with van der Waals surface area (Å²) in [5.74, 6) is -0.348. The topological polar surface area (TPSA) is 130 Å². The van der Waals surface area contributed by atoms with Crippen molar-refractivity contribution in [3.05, 3.63) is 69.5 Å². The Bertz CT molecular complexity index is 1460. The summed E-state index contributed by atoms with van der Waals surface area (Å²) in [5.41, 5.74) is 1.57. The molecule has 1 fully saturated rings. The van der Waals surface area contributed by atoms with Crippen LogP contribution in [0.3, 0.4) is 0 Å². The summed E-state index contributed by atoms with van der Waals surface area (Å²) in [5, 5.41) is 12.6. The Kier molecular flexibility index (Phi) is 7.41. The van der Waals surface area contributed by atoms with Gasteiger partial charge in [-0.15, -0.1) is 0 Å². The largest absolute Gasteiger partial charge is 0.496 e. The van der Waals surface area contributed by atoms with E-state index in [1.807, 2.05) is 11.0 Å². The Morgan fingerprint density at radius 1 is 1.00 bits per heavy atom. The molecule has 39 heavy (non-hydrogen) atoms. The quantitative estimate of drug-likeness (QED) is 0.476. The minimum atomic E-state index is -1.17. The van der Waals surface area contributed by atoms with Crippen LogP contribution in [-0.4, -0.2) is 50.3 Å². The van der Waals surface area contributed by atoms with Crippen LogP contribution in [0.2, 0.25) is 0 Å². The zero-order valence-corrected chi connectivity index (χ0v) is 22.2. The number of nitrogens with one attached hydrogen (secondary N) is 2. The number of H-pyrrole nitrogens is 1. The number of ether oxygens (including phenoxy) is 3. The number of amides is 1. The van der Waals surface area contributed by atoms with Crippen molar-refractivity contribution in [3.8, 4) is 23.3 Å². The Balaban J connectivity index is 1.48. The fraction of sp³-hybridized carbons (Fsp3) is 0.379. The maximum Gasteiger partial charge on any atom is 0.258 e. The zero-order valence-electron chi connectivity index (χ0n) is 22.2. The number of hydrogen-bond acceptors (Lipinski definition) is 8. The first-order chi connectivity index (χ1) is 19.0. The second kappa shape index (κ2) is 11.1. The van der Waals surface area contributed by atoms with Crippen molar-refractivity contribution < 1.29 is 19.0 Å². The lowest BCUT2D eigenvalue weighted by Gasteiger charge is -2.34. The third-order valence-corrected chi connectivity index (χ3v) is 7.60. The van der Waals surface area contributed by atoms with Gasteiger partial charge in [-0.3, -0.25) is 14.6 Å².